The van der Waals surface area contributed by atoms with Crippen LogP contribution in [0, 0.1) is 5.41 Å². The molecule has 0 heterocycles. The molecule has 0 N–H and O–H groups in total. The Morgan fingerprint density at radius 2 is 2.17 bits per heavy atom. The molecule has 1 aliphatic carbocycles. The Bertz CT molecular complexity index is 126. The van der Waals surface area contributed by atoms with Gasteiger partial charge in [0.25, 0.3) is 0 Å². The maximum Gasteiger partial charge on any atom is 0.0544 e. The van der Waals surface area contributed by atoms with Crippen molar-refractivity contribution in [2.24, 2.45) is 5.41 Å². The van der Waals surface area contributed by atoms with Gasteiger partial charge >= 0.3 is 0 Å². The van der Waals surface area contributed by atoms with Gasteiger partial charge in [0.1, 0.15) is 0 Å². The van der Waals surface area contributed by atoms with Crippen molar-refractivity contribution < 1.29 is 4.74 Å². The van der Waals surface area contributed by atoms with Crippen LogP contribution in [0.2, 0.25) is 0 Å². The van der Waals surface area contributed by atoms with Gasteiger partial charge in [-0.2, -0.15) is 12.6 Å². The van der Waals surface area contributed by atoms with Crippen LogP contribution in [0.1, 0.15) is 39.5 Å². The number of hydrogen-bond donors (Lipinski definition) is 1. The Labute approximate surface area is 81.3 Å². The summed E-state index contributed by atoms with van der Waals surface area (Å²) in [6.07, 6.45) is 5.52. The van der Waals surface area contributed by atoms with Crippen molar-refractivity contribution in [2.45, 2.75) is 45.6 Å². The van der Waals surface area contributed by atoms with E-state index < -0.39 is 0 Å². The standard InChI is InChI=1S/C10H20OS/c1-3-9(2)11-7-10(8-12)5-4-6-10/h9,12H,3-8H2,1-2H3. The third kappa shape index (κ3) is 2.40. The van der Waals surface area contributed by atoms with Crippen molar-refractivity contribution >= 4 is 12.6 Å². The summed E-state index contributed by atoms with van der Waals surface area (Å²) < 4.78 is 5.74. The molecule has 1 unspecified atom stereocenters. The van der Waals surface area contributed by atoms with Gasteiger partial charge in [-0.05, 0) is 31.9 Å². The third-order valence-electron chi connectivity index (χ3n) is 3.00. The van der Waals surface area contributed by atoms with Crippen molar-refractivity contribution in [1.29, 1.82) is 0 Å². The fraction of sp³-hybridized carbons (Fsp3) is 1.00. The maximum absolute atomic E-state index is 5.74. The van der Waals surface area contributed by atoms with Gasteiger partial charge in [-0.15, -0.1) is 0 Å². The van der Waals surface area contributed by atoms with Crippen LogP contribution in [-0.2, 0) is 4.74 Å². The molecule has 2 heteroatoms. The molecule has 0 aromatic rings. The van der Waals surface area contributed by atoms with E-state index >= 15 is 0 Å². The van der Waals surface area contributed by atoms with Crippen LogP contribution < -0.4 is 0 Å². The van der Waals surface area contributed by atoms with Crippen LogP contribution in [0.25, 0.3) is 0 Å². The highest BCUT2D eigenvalue weighted by atomic mass is 32.1. The monoisotopic (exact) mass is 188 g/mol. The fourth-order valence-corrected chi connectivity index (χ4v) is 1.87. The van der Waals surface area contributed by atoms with Crippen LogP contribution in [0.15, 0.2) is 0 Å². The average molecular weight is 188 g/mol. The quantitative estimate of drug-likeness (QED) is 0.653. The Kier molecular flexibility index (Phi) is 3.91. The Morgan fingerprint density at radius 1 is 1.50 bits per heavy atom. The first kappa shape index (κ1) is 10.4. The Hall–Kier alpha value is 0.310. The molecule has 1 rings (SSSR count). The van der Waals surface area contributed by atoms with Gasteiger partial charge in [0.05, 0.1) is 12.7 Å². The SMILES string of the molecule is CCC(C)OCC1(CS)CCC1. The molecule has 0 aromatic heterocycles. The number of thiol groups is 1. The number of hydrogen-bond acceptors (Lipinski definition) is 2. The minimum Gasteiger partial charge on any atom is -0.378 e. The Balaban J connectivity index is 2.20. The van der Waals surface area contributed by atoms with Crippen LogP contribution in [0.5, 0.6) is 0 Å². The summed E-state index contributed by atoms with van der Waals surface area (Å²) in [5, 5.41) is 0. The minimum absolute atomic E-state index is 0.419. The first-order valence-electron chi connectivity index (χ1n) is 4.95. The molecule has 72 valence electrons. The third-order valence-corrected chi connectivity index (χ3v) is 3.67. The molecule has 0 aliphatic heterocycles. The fourth-order valence-electron chi connectivity index (χ4n) is 1.46. The molecule has 0 bridgehead atoms. The van der Waals surface area contributed by atoms with E-state index in [9.17, 15) is 0 Å². The van der Waals surface area contributed by atoms with E-state index in [1.165, 1.54) is 19.3 Å². The van der Waals surface area contributed by atoms with E-state index in [-0.39, 0.29) is 0 Å². The summed E-state index contributed by atoms with van der Waals surface area (Å²) in [6, 6.07) is 0. The minimum atomic E-state index is 0.419. The molecule has 1 aliphatic rings. The molecule has 1 atom stereocenters. The molecule has 0 saturated heterocycles. The Morgan fingerprint density at radius 3 is 2.50 bits per heavy atom. The summed E-state index contributed by atoms with van der Waals surface area (Å²) in [5.41, 5.74) is 0.437. The second kappa shape index (κ2) is 4.52. The summed E-state index contributed by atoms with van der Waals surface area (Å²) in [6.45, 7) is 5.23. The van der Waals surface area contributed by atoms with E-state index in [2.05, 4.69) is 26.5 Å². The van der Waals surface area contributed by atoms with Crippen LogP contribution in [0.4, 0.5) is 0 Å². The zero-order chi connectivity index (χ0) is 9.03. The van der Waals surface area contributed by atoms with Gasteiger partial charge in [0, 0.05) is 5.41 Å². The van der Waals surface area contributed by atoms with Gasteiger partial charge in [-0.25, -0.2) is 0 Å². The zero-order valence-electron chi connectivity index (χ0n) is 8.18. The normalized spacial score (nSPS) is 23.2. The first-order chi connectivity index (χ1) is 5.72. The highest BCUT2D eigenvalue weighted by Gasteiger charge is 2.36. The highest BCUT2D eigenvalue weighted by molar-refractivity contribution is 7.80. The van der Waals surface area contributed by atoms with Gasteiger partial charge in [0.2, 0.25) is 0 Å². The smallest absolute Gasteiger partial charge is 0.0544 e. The molecule has 1 nitrogen and oxygen atoms in total. The van der Waals surface area contributed by atoms with Crippen LogP contribution >= 0.6 is 12.6 Å². The lowest BCUT2D eigenvalue weighted by Gasteiger charge is -2.41. The summed E-state index contributed by atoms with van der Waals surface area (Å²) in [7, 11) is 0. The van der Waals surface area contributed by atoms with Crippen molar-refractivity contribution in [3.05, 3.63) is 0 Å². The van der Waals surface area contributed by atoms with Gasteiger partial charge in [-0.1, -0.05) is 13.3 Å². The molecular formula is C10H20OS. The second-order valence-corrected chi connectivity index (χ2v) is 4.36. The van der Waals surface area contributed by atoms with E-state index in [0.717, 1.165) is 18.8 Å². The van der Waals surface area contributed by atoms with Gasteiger partial charge in [-0.3, -0.25) is 0 Å². The van der Waals surface area contributed by atoms with E-state index in [0.29, 0.717) is 11.5 Å². The number of rotatable bonds is 5. The molecule has 0 spiro atoms. The summed E-state index contributed by atoms with van der Waals surface area (Å²) in [4.78, 5) is 0. The molecule has 1 fully saturated rings. The lowest BCUT2D eigenvalue weighted by molar-refractivity contribution is -0.0265. The maximum atomic E-state index is 5.74. The zero-order valence-corrected chi connectivity index (χ0v) is 9.07. The number of ether oxygens (including phenoxy) is 1. The van der Waals surface area contributed by atoms with Crippen molar-refractivity contribution in [2.75, 3.05) is 12.4 Å². The van der Waals surface area contributed by atoms with Gasteiger partial charge in [0.15, 0.2) is 0 Å². The predicted octanol–water partition coefficient (Wildman–Crippen LogP) is 2.90. The molecular weight excluding hydrogens is 168 g/mol. The topological polar surface area (TPSA) is 9.23 Å². The molecule has 0 aromatic carbocycles. The largest absolute Gasteiger partial charge is 0.378 e. The second-order valence-electron chi connectivity index (χ2n) is 4.04. The molecule has 12 heavy (non-hydrogen) atoms. The van der Waals surface area contributed by atoms with E-state index in [4.69, 9.17) is 4.74 Å². The lowest BCUT2D eigenvalue weighted by atomic mass is 9.71. The van der Waals surface area contributed by atoms with E-state index in [1.807, 2.05) is 0 Å². The predicted molar refractivity (Wildman–Crippen MR) is 55.8 cm³/mol. The van der Waals surface area contributed by atoms with Crippen LogP contribution in [-0.4, -0.2) is 18.5 Å². The van der Waals surface area contributed by atoms with Crippen molar-refractivity contribution in [3.8, 4) is 0 Å². The lowest BCUT2D eigenvalue weighted by Crippen LogP contribution is -2.37. The van der Waals surface area contributed by atoms with E-state index in [1.54, 1.807) is 0 Å². The average Bonchev–Trinajstić information content (AvgIpc) is 2.03. The molecule has 1 saturated carbocycles. The highest BCUT2D eigenvalue weighted by Crippen LogP contribution is 2.42. The van der Waals surface area contributed by atoms with Crippen molar-refractivity contribution in [3.63, 3.8) is 0 Å². The summed E-state index contributed by atoms with van der Waals surface area (Å²) >= 11 is 4.38. The van der Waals surface area contributed by atoms with Crippen molar-refractivity contribution in [1.82, 2.24) is 0 Å². The molecule has 0 radical (unpaired) electrons. The first-order valence-corrected chi connectivity index (χ1v) is 5.58. The summed E-state index contributed by atoms with van der Waals surface area (Å²) in [5.74, 6) is 0.990. The molecule has 0 amide bonds. The van der Waals surface area contributed by atoms with Gasteiger partial charge < -0.3 is 4.74 Å². The van der Waals surface area contributed by atoms with Crippen LogP contribution in [0.3, 0.4) is 0 Å².